The van der Waals surface area contributed by atoms with E-state index < -0.39 is 12.2 Å². The maximum absolute atomic E-state index is 13.7. The van der Waals surface area contributed by atoms with Crippen molar-refractivity contribution in [2.75, 3.05) is 45.9 Å². The number of piperidine rings is 1. The molecule has 6 heterocycles. The van der Waals surface area contributed by atoms with Crippen molar-refractivity contribution < 1.29 is 29.4 Å². The molecule has 3 aromatic carbocycles. The number of aliphatic hydroxyl groups is 2. The maximum atomic E-state index is 13.7. The third-order valence-corrected chi connectivity index (χ3v) is 16.4. The molecule has 1 fully saturated rings. The minimum atomic E-state index is -1.15. The highest BCUT2D eigenvalue weighted by atomic mass is 35.5. The number of benzene rings is 3. The van der Waals surface area contributed by atoms with Crippen molar-refractivity contribution in [1.82, 2.24) is 59.8 Å². The molecule has 7 aromatic rings. The van der Waals surface area contributed by atoms with E-state index in [1.54, 1.807) is 33.6 Å². The lowest BCUT2D eigenvalue weighted by Crippen LogP contribution is -2.49. The number of aliphatic hydroxyl groups excluding tert-OH is 1. The van der Waals surface area contributed by atoms with Crippen LogP contribution in [0.5, 0.6) is 0 Å². The Labute approximate surface area is 475 Å². The predicted molar refractivity (Wildman–Crippen MR) is 309 cm³/mol. The Morgan fingerprint density at radius 2 is 1.55 bits per heavy atom. The van der Waals surface area contributed by atoms with Crippen molar-refractivity contribution in [2.45, 2.75) is 122 Å². The van der Waals surface area contributed by atoms with Crippen LogP contribution in [0.4, 0.5) is 0 Å². The molecule has 4 amide bonds. The summed E-state index contributed by atoms with van der Waals surface area (Å²) >= 11 is 13.2. The van der Waals surface area contributed by atoms with E-state index in [-0.39, 0.29) is 53.7 Å². The molecule has 4 aromatic heterocycles. The number of halogens is 2. The van der Waals surface area contributed by atoms with E-state index in [4.69, 9.17) is 23.2 Å². The molecule has 0 unspecified atom stereocenters. The Kier molecular flexibility index (Phi) is 19.2. The molecule has 2 aliphatic heterocycles. The van der Waals surface area contributed by atoms with Crippen LogP contribution in [0.15, 0.2) is 84.0 Å². The summed E-state index contributed by atoms with van der Waals surface area (Å²) in [5, 5.41) is 41.3. The minimum Gasteiger partial charge on any atom is -0.388 e. The highest BCUT2D eigenvalue weighted by molar-refractivity contribution is 6.45. The number of rotatable bonds is 25. The molecule has 21 heteroatoms. The number of aryl methyl sites for hydroxylation is 1. The molecule has 80 heavy (non-hydrogen) atoms. The number of hydrogen-bond donors (Lipinski definition) is 6. The number of carbonyl (C=O) groups excluding carboxylic acids is 4. The monoisotopic (exact) mass is 1130 g/mol. The Morgan fingerprint density at radius 1 is 0.825 bits per heavy atom. The molecule has 0 spiro atoms. The van der Waals surface area contributed by atoms with Crippen LogP contribution in [0.2, 0.25) is 10.0 Å². The topological polar surface area (TPSA) is 238 Å². The van der Waals surface area contributed by atoms with Crippen molar-refractivity contribution in [2.24, 2.45) is 7.05 Å². The van der Waals surface area contributed by atoms with Gasteiger partial charge in [-0.15, -0.1) is 0 Å². The molecule has 0 bridgehead atoms. The molecule has 6 N–H and O–H groups in total. The Hall–Kier alpha value is -6.90. The summed E-state index contributed by atoms with van der Waals surface area (Å²) in [5.41, 5.74) is 6.97. The average Bonchev–Trinajstić information content (AvgIpc) is 4.21. The number of amides is 4. The fourth-order valence-electron chi connectivity index (χ4n) is 11.0. The van der Waals surface area contributed by atoms with E-state index in [2.05, 4.69) is 43.0 Å². The quantitative estimate of drug-likeness (QED) is 0.0318. The van der Waals surface area contributed by atoms with Crippen LogP contribution in [0.3, 0.4) is 0 Å². The van der Waals surface area contributed by atoms with Crippen LogP contribution in [-0.4, -0.2) is 129 Å². The van der Waals surface area contributed by atoms with Gasteiger partial charge >= 0.3 is 0 Å². The number of unbranched alkanes of at least 4 members (excludes halogenated alkanes) is 5. The summed E-state index contributed by atoms with van der Waals surface area (Å²) in [6.45, 7) is 5.83. The minimum absolute atomic E-state index is 0.0560. The molecule has 1 saturated heterocycles. The van der Waals surface area contributed by atoms with Gasteiger partial charge in [-0.3, -0.25) is 37.9 Å². The van der Waals surface area contributed by atoms with Gasteiger partial charge in [0, 0.05) is 106 Å². The second-order valence-electron chi connectivity index (χ2n) is 21.4. The maximum Gasteiger partial charge on any atom is 0.281 e. The third kappa shape index (κ3) is 14.0. The fraction of sp³-hybridized carbons (Fsp3) is 0.458. The van der Waals surface area contributed by atoms with Gasteiger partial charge in [-0.1, -0.05) is 110 Å². The first-order valence-electron chi connectivity index (χ1n) is 27.9. The Morgan fingerprint density at radius 3 is 2.31 bits per heavy atom. The molecule has 0 saturated carbocycles. The van der Waals surface area contributed by atoms with Gasteiger partial charge in [-0.05, 0) is 67.8 Å². The molecular formula is C59H72Cl2N12O7. The number of H-pyrrole nitrogens is 1. The molecule has 2 aliphatic rings. The van der Waals surface area contributed by atoms with Crippen LogP contribution in [0, 0.1) is 0 Å². The van der Waals surface area contributed by atoms with Crippen LogP contribution in [-0.2, 0) is 58.8 Å². The summed E-state index contributed by atoms with van der Waals surface area (Å²) in [6, 6.07) is 21.6. The highest BCUT2D eigenvalue weighted by Gasteiger charge is 2.36. The SMILES string of the molecule is C[C@H](CC(=O)N1CCC(O)(Cn2cnc3c(-c4ccc(CNCCCNC(=O)CCCCCCCCNC(=O)Cn5ccc(-c6cc(Cl)c(Cl)c7[nH]c8c(c67)CN(C(=O)CO)CC8)n5)cc4)n(C)nc3c2=O)CC1)c1ccccc1. The standard InChI is InChI=1S/C59H72Cl2N12O7/c1-39(41-13-8-7-9-14-41)31-50(77)70-29-22-59(80,23-30-70)37-72-38-65-55-56(58(72)79)68-69(2)57(55)42-18-16-40(17-19-42)33-62-24-12-26-63-48(75)15-10-5-3-4-6-11-25-64-49(76)35-73-28-21-47(67-73)43-32-45(60)53(61)54-52(43)44-34-71(51(78)36-74)27-20-46(44)66-54/h7-9,13-14,16-19,21,28,32,38-39,62,66,74,80H,3-6,10-12,15,20,22-27,29-31,33-37H2,1-2H3,(H,63,75)(H,64,76)/t39-/m1/s1. The number of nitrogens with zero attached hydrogens (tertiary/aromatic N) is 8. The zero-order valence-electron chi connectivity index (χ0n) is 45.6. The number of hydrogen-bond acceptors (Lipinski definition) is 11. The number of fused-ring (bicyclic) bond motifs is 4. The first kappa shape index (κ1) is 57.8. The van der Waals surface area contributed by atoms with Gasteiger partial charge in [0.1, 0.15) is 18.7 Å². The van der Waals surface area contributed by atoms with Crippen molar-refractivity contribution >= 4 is 68.8 Å². The zero-order valence-corrected chi connectivity index (χ0v) is 47.1. The van der Waals surface area contributed by atoms with Gasteiger partial charge in [0.15, 0.2) is 5.52 Å². The second kappa shape index (κ2) is 26.6. The number of likely N-dealkylation sites (tertiary alicyclic amines) is 1. The molecule has 0 aliphatic carbocycles. The normalized spacial score (nSPS) is 14.6. The predicted octanol–water partition coefficient (Wildman–Crippen LogP) is 7.02. The van der Waals surface area contributed by atoms with Crippen LogP contribution < -0.4 is 21.5 Å². The van der Waals surface area contributed by atoms with Gasteiger partial charge in [0.25, 0.3) is 5.56 Å². The van der Waals surface area contributed by atoms with E-state index in [0.717, 1.165) is 96.1 Å². The van der Waals surface area contributed by atoms with E-state index >= 15 is 0 Å². The second-order valence-corrected chi connectivity index (χ2v) is 22.2. The van der Waals surface area contributed by atoms with Crippen molar-refractivity contribution in [3.05, 3.63) is 122 Å². The lowest BCUT2D eigenvalue weighted by Gasteiger charge is -2.38. The third-order valence-electron chi connectivity index (χ3n) is 15.6. The van der Waals surface area contributed by atoms with Gasteiger partial charge in [-0.2, -0.15) is 10.2 Å². The number of nitrogens with one attached hydrogen (secondary N) is 4. The zero-order chi connectivity index (χ0) is 56.3. The van der Waals surface area contributed by atoms with Crippen molar-refractivity contribution in [3.63, 3.8) is 0 Å². The average molecular weight is 1130 g/mol. The molecular weight excluding hydrogens is 1060 g/mol. The van der Waals surface area contributed by atoms with Crippen molar-refractivity contribution in [1.29, 1.82) is 0 Å². The summed E-state index contributed by atoms with van der Waals surface area (Å²) in [5.74, 6) is -0.252. The molecule has 9 rings (SSSR count). The number of carbonyl (C=O) groups is 4. The lowest BCUT2D eigenvalue weighted by molar-refractivity contribution is -0.136. The van der Waals surface area contributed by atoms with Crippen molar-refractivity contribution in [3.8, 4) is 22.5 Å². The van der Waals surface area contributed by atoms with Crippen LogP contribution in [0.1, 0.15) is 106 Å². The molecule has 1 atom stereocenters. The number of aromatic nitrogens is 7. The first-order chi connectivity index (χ1) is 38.7. The van der Waals surface area contributed by atoms with E-state index in [0.29, 0.717) is 105 Å². The summed E-state index contributed by atoms with van der Waals surface area (Å²) < 4.78 is 4.69. The van der Waals surface area contributed by atoms with Gasteiger partial charge in [-0.25, -0.2) is 4.98 Å². The van der Waals surface area contributed by atoms with E-state index in [9.17, 15) is 34.2 Å². The largest absolute Gasteiger partial charge is 0.388 e. The fourth-order valence-corrected chi connectivity index (χ4v) is 11.4. The van der Waals surface area contributed by atoms with Gasteiger partial charge in [0.05, 0.1) is 45.4 Å². The van der Waals surface area contributed by atoms with E-state index in [1.807, 2.05) is 65.6 Å². The summed E-state index contributed by atoms with van der Waals surface area (Å²) in [7, 11) is 1.79. The molecule has 424 valence electrons. The molecule has 19 nitrogen and oxygen atoms in total. The Bertz CT molecular complexity index is 3360. The van der Waals surface area contributed by atoms with E-state index in [1.165, 1.54) is 10.9 Å². The lowest BCUT2D eigenvalue weighted by atomic mass is 9.90. The van der Waals surface area contributed by atoms with Crippen LogP contribution >= 0.6 is 23.2 Å². The smallest absolute Gasteiger partial charge is 0.281 e. The number of aromatic amines is 1. The summed E-state index contributed by atoms with van der Waals surface area (Å²) in [4.78, 5) is 75.9. The van der Waals surface area contributed by atoms with Crippen LogP contribution in [0.25, 0.3) is 44.5 Å². The Balaban J connectivity index is 0.614. The van der Waals surface area contributed by atoms with Gasteiger partial charge < -0.3 is 40.9 Å². The molecule has 0 radical (unpaired) electrons. The summed E-state index contributed by atoms with van der Waals surface area (Å²) in [6.07, 6.45) is 11.9. The van der Waals surface area contributed by atoms with Gasteiger partial charge in [0.2, 0.25) is 23.6 Å². The highest BCUT2D eigenvalue weighted by Crippen LogP contribution is 2.42. The first-order valence-corrected chi connectivity index (χ1v) is 28.7.